The number of guanidine groups is 1. The molecule has 1 atom stereocenters. The van der Waals surface area contributed by atoms with Crippen LogP contribution < -0.4 is 10.6 Å². The average Bonchev–Trinajstić information content (AvgIpc) is 3.22. The maximum absolute atomic E-state index is 4.39. The fourth-order valence-electron chi connectivity index (χ4n) is 3.36. The van der Waals surface area contributed by atoms with Crippen LogP contribution in [0.1, 0.15) is 42.7 Å². The first kappa shape index (κ1) is 22.1. The van der Waals surface area contributed by atoms with Crippen molar-refractivity contribution in [2.24, 2.45) is 10.9 Å². The lowest BCUT2D eigenvalue weighted by Crippen LogP contribution is -2.40. The SMILES string of the molecule is CN=C(NCCc1nnc2n1CCCCC2)NCC(C)Cc1cccs1.I. The second-order valence-electron chi connectivity index (χ2n) is 7.01. The van der Waals surface area contributed by atoms with E-state index in [4.69, 9.17) is 0 Å². The molecule has 6 nitrogen and oxygen atoms in total. The van der Waals surface area contributed by atoms with Gasteiger partial charge in [0.1, 0.15) is 11.6 Å². The first-order valence-electron chi connectivity index (χ1n) is 9.64. The van der Waals surface area contributed by atoms with Crippen molar-refractivity contribution in [2.45, 2.75) is 52.0 Å². The Morgan fingerprint density at radius 1 is 1.30 bits per heavy atom. The molecule has 0 aliphatic carbocycles. The predicted octanol–water partition coefficient (Wildman–Crippen LogP) is 3.27. The van der Waals surface area contributed by atoms with E-state index in [1.54, 1.807) is 0 Å². The summed E-state index contributed by atoms with van der Waals surface area (Å²) in [5, 5.41) is 17.7. The highest BCUT2D eigenvalue weighted by molar-refractivity contribution is 14.0. The number of thiophene rings is 1. The quantitative estimate of drug-likeness (QED) is 0.347. The Labute approximate surface area is 183 Å². The molecule has 0 bridgehead atoms. The Hall–Kier alpha value is -1.16. The van der Waals surface area contributed by atoms with Gasteiger partial charge in [0, 0.05) is 44.4 Å². The summed E-state index contributed by atoms with van der Waals surface area (Å²) in [6, 6.07) is 4.32. The molecule has 1 aliphatic heterocycles. The van der Waals surface area contributed by atoms with E-state index in [1.165, 1.54) is 24.1 Å². The first-order valence-corrected chi connectivity index (χ1v) is 10.5. The number of fused-ring (bicyclic) bond motifs is 1. The number of halogens is 1. The number of hydrogen-bond donors (Lipinski definition) is 2. The molecule has 0 fully saturated rings. The third kappa shape index (κ3) is 6.74. The van der Waals surface area contributed by atoms with Gasteiger partial charge < -0.3 is 15.2 Å². The van der Waals surface area contributed by atoms with Gasteiger partial charge >= 0.3 is 0 Å². The molecular weight excluding hydrogens is 471 g/mol. The molecule has 2 aromatic rings. The molecular formula is C19H31IN6S. The third-order valence-corrected chi connectivity index (χ3v) is 5.70. The number of aliphatic imine (C=N–C) groups is 1. The highest BCUT2D eigenvalue weighted by Gasteiger charge is 2.14. The van der Waals surface area contributed by atoms with Crippen molar-refractivity contribution in [3.05, 3.63) is 34.0 Å². The third-order valence-electron chi connectivity index (χ3n) is 4.80. The van der Waals surface area contributed by atoms with Crippen LogP contribution in [0.5, 0.6) is 0 Å². The first-order chi connectivity index (χ1) is 12.8. The van der Waals surface area contributed by atoms with Crippen molar-refractivity contribution in [2.75, 3.05) is 20.1 Å². The Kier molecular flexibility index (Phi) is 9.53. The van der Waals surface area contributed by atoms with Gasteiger partial charge in [0.2, 0.25) is 0 Å². The molecule has 8 heteroatoms. The standard InChI is InChI=1S/C19H30N6S.HI/c1-15(13-16-7-6-12-26-16)14-22-19(20-2)21-10-9-18-24-23-17-8-4-3-5-11-25(17)18;/h6-7,12,15H,3-5,8-11,13-14H2,1-2H3,(H2,20,21,22);1H. The minimum Gasteiger partial charge on any atom is -0.356 e. The molecule has 0 saturated heterocycles. The van der Waals surface area contributed by atoms with E-state index < -0.39 is 0 Å². The predicted molar refractivity (Wildman–Crippen MR) is 123 cm³/mol. The summed E-state index contributed by atoms with van der Waals surface area (Å²) in [6.45, 7) is 5.06. The molecule has 0 amide bonds. The number of rotatable bonds is 7. The lowest BCUT2D eigenvalue weighted by Gasteiger charge is -2.15. The van der Waals surface area contributed by atoms with Gasteiger partial charge in [0.05, 0.1) is 0 Å². The highest BCUT2D eigenvalue weighted by atomic mass is 127. The topological polar surface area (TPSA) is 67.1 Å². The van der Waals surface area contributed by atoms with Crippen molar-refractivity contribution in [1.29, 1.82) is 0 Å². The molecule has 0 radical (unpaired) electrons. The summed E-state index contributed by atoms with van der Waals surface area (Å²) in [4.78, 5) is 5.77. The second-order valence-corrected chi connectivity index (χ2v) is 8.05. The molecule has 150 valence electrons. The van der Waals surface area contributed by atoms with Crippen LogP contribution in [0, 0.1) is 5.92 Å². The molecule has 27 heavy (non-hydrogen) atoms. The number of nitrogens with zero attached hydrogens (tertiary/aromatic N) is 4. The Bertz CT molecular complexity index is 697. The summed E-state index contributed by atoms with van der Waals surface area (Å²) in [7, 11) is 1.82. The van der Waals surface area contributed by atoms with E-state index in [9.17, 15) is 0 Å². The fraction of sp³-hybridized carbons (Fsp3) is 0.632. The van der Waals surface area contributed by atoms with Crippen molar-refractivity contribution < 1.29 is 0 Å². The maximum atomic E-state index is 4.39. The van der Waals surface area contributed by atoms with Gasteiger partial charge in [0.15, 0.2) is 5.96 Å². The minimum atomic E-state index is 0. The van der Waals surface area contributed by atoms with Crippen LogP contribution >= 0.6 is 35.3 Å². The smallest absolute Gasteiger partial charge is 0.190 e. The molecule has 3 heterocycles. The monoisotopic (exact) mass is 502 g/mol. The zero-order chi connectivity index (χ0) is 18.2. The van der Waals surface area contributed by atoms with Crippen LogP contribution in [0.3, 0.4) is 0 Å². The van der Waals surface area contributed by atoms with Crippen molar-refractivity contribution in [3.8, 4) is 0 Å². The van der Waals surface area contributed by atoms with Gasteiger partial charge in [0.25, 0.3) is 0 Å². The minimum absolute atomic E-state index is 0. The second kappa shape index (κ2) is 11.6. The van der Waals surface area contributed by atoms with Crippen LogP contribution in [-0.2, 0) is 25.8 Å². The van der Waals surface area contributed by atoms with Gasteiger partial charge in [-0.1, -0.05) is 19.4 Å². The number of nitrogens with one attached hydrogen (secondary N) is 2. The number of aryl methyl sites for hydroxylation is 1. The van der Waals surface area contributed by atoms with Crippen molar-refractivity contribution in [3.63, 3.8) is 0 Å². The van der Waals surface area contributed by atoms with E-state index in [0.29, 0.717) is 5.92 Å². The summed E-state index contributed by atoms with van der Waals surface area (Å²) in [5.41, 5.74) is 0. The summed E-state index contributed by atoms with van der Waals surface area (Å²) in [6.07, 6.45) is 6.80. The summed E-state index contributed by atoms with van der Waals surface area (Å²) >= 11 is 1.83. The molecule has 2 N–H and O–H groups in total. The van der Waals surface area contributed by atoms with Gasteiger partial charge in [-0.25, -0.2) is 0 Å². The lowest BCUT2D eigenvalue weighted by molar-refractivity contribution is 0.560. The lowest BCUT2D eigenvalue weighted by atomic mass is 10.1. The Morgan fingerprint density at radius 3 is 2.96 bits per heavy atom. The Morgan fingerprint density at radius 2 is 2.19 bits per heavy atom. The molecule has 0 aromatic carbocycles. The number of hydrogen-bond acceptors (Lipinski definition) is 4. The van der Waals surface area contributed by atoms with Gasteiger partial charge in [-0.2, -0.15) is 0 Å². The fourth-order valence-corrected chi connectivity index (χ4v) is 4.23. The van der Waals surface area contributed by atoms with Crippen LogP contribution in [-0.4, -0.2) is 40.9 Å². The Balaban J connectivity index is 0.00000261. The van der Waals surface area contributed by atoms with Crippen molar-refractivity contribution in [1.82, 2.24) is 25.4 Å². The van der Waals surface area contributed by atoms with E-state index in [-0.39, 0.29) is 24.0 Å². The highest BCUT2D eigenvalue weighted by Crippen LogP contribution is 2.15. The van der Waals surface area contributed by atoms with Gasteiger partial charge in [-0.3, -0.25) is 4.99 Å². The molecule has 0 spiro atoms. The van der Waals surface area contributed by atoms with Crippen LogP contribution in [0.15, 0.2) is 22.5 Å². The zero-order valence-electron chi connectivity index (χ0n) is 16.3. The van der Waals surface area contributed by atoms with Crippen LogP contribution in [0.4, 0.5) is 0 Å². The van der Waals surface area contributed by atoms with Crippen LogP contribution in [0.25, 0.3) is 0 Å². The molecule has 1 unspecified atom stereocenters. The molecule has 1 aliphatic rings. The van der Waals surface area contributed by atoms with E-state index in [2.05, 4.69) is 54.8 Å². The maximum Gasteiger partial charge on any atom is 0.190 e. The zero-order valence-corrected chi connectivity index (χ0v) is 19.4. The van der Waals surface area contributed by atoms with E-state index >= 15 is 0 Å². The van der Waals surface area contributed by atoms with Crippen molar-refractivity contribution >= 4 is 41.3 Å². The largest absolute Gasteiger partial charge is 0.356 e. The van der Waals surface area contributed by atoms with Gasteiger partial charge in [-0.15, -0.1) is 45.5 Å². The summed E-state index contributed by atoms with van der Waals surface area (Å²) < 4.78 is 2.31. The summed E-state index contributed by atoms with van der Waals surface area (Å²) in [5.74, 6) is 3.68. The normalized spacial score (nSPS) is 15.4. The molecule has 2 aromatic heterocycles. The molecule has 3 rings (SSSR count). The van der Waals surface area contributed by atoms with E-state index in [0.717, 1.165) is 56.5 Å². The number of aromatic nitrogens is 3. The molecule has 0 saturated carbocycles. The van der Waals surface area contributed by atoms with Gasteiger partial charge in [-0.05, 0) is 36.6 Å². The van der Waals surface area contributed by atoms with E-state index in [1.807, 2.05) is 18.4 Å². The van der Waals surface area contributed by atoms with Crippen LogP contribution in [0.2, 0.25) is 0 Å². The average molecular weight is 502 g/mol.